The van der Waals surface area contributed by atoms with E-state index in [2.05, 4.69) is 9.80 Å². The third-order valence-electron chi connectivity index (χ3n) is 9.74. The average molecular weight is 666 g/mol. The summed E-state index contributed by atoms with van der Waals surface area (Å²) in [6.07, 6.45) is 2.76. The van der Waals surface area contributed by atoms with Crippen LogP contribution in [0.4, 0.5) is 10.1 Å². The first-order chi connectivity index (χ1) is 22.5. The third-order valence-corrected chi connectivity index (χ3v) is 11.4. The standard InChI is InChI=1S/C36H44FN3O6S/c1-27-24-28(2)33(29(3)25-27)47(42,43)46-21-20-39-26-40(32-8-5-4-6-9-32)35(34(39)41)15-18-38(19-16-35)17-7-14-36(44-22-23-45-36)30-10-12-31(37)13-11-30/h4-6,8-13,24-25H,7,14-23,26H2,1-3H3. The molecule has 0 aromatic heterocycles. The highest BCUT2D eigenvalue weighted by Crippen LogP contribution is 2.40. The van der Waals surface area contributed by atoms with E-state index in [-0.39, 0.29) is 29.8 Å². The van der Waals surface area contributed by atoms with Crippen LogP contribution in [0.3, 0.4) is 0 Å². The number of amides is 1. The van der Waals surface area contributed by atoms with Gasteiger partial charge >= 0.3 is 0 Å². The van der Waals surface area contributed by atoms with Crippen molar-refractivity contribution < 1.29 is 31.3 Å². The number of nitrogens with zero attached hydrogens (tertiary/aromatic N) is 3. The van der Waals surface area contributed by atoms with Gasteiger partial charge in [-0.05, 0) is 82.0 Å². The van der Waals surface area contributed by atoms with Gasteiger partial charge in [-0.1, -0.05) is 48.0 Å². The Morgan fingerprint density at radius 3 is 2.17 bits per heavy atom. The number of halogens is 1. The van der Waals surface area contributed by atoms with Gasteiger partial charge in [-0.15, -0.1) is 0 Å². The molecule has 252 valence electrons. The number of carbonyl (C=O) groups is 1. The number of rotatable bonds is 11. The van der Waals surface area contributed by atoms with E-state index in [0.717, 1.165) is 42.9 Å². The van der Waals surface area contributed by atoms with E-state index in [1.165, 1.54) is 12.1 Å². The predicted octanol–water partition coefficient (Wildman–Crippen LogP) is 5.28. The molecule has 0 N–H and O–H groups in total. The van der Waals surface area contributed by atoms with Crippen molar-refractivity contribution in [2.75, 3.05) is 57.6 Å². The maximum absolute atomic E-state index is 14.2. The molecular formula is C36H44FN3O6S. The molecule has 3 saturated heterocycles. The summed E-state index contributed by atoms with van der Waals surface area (Å²) < 4.78 is 57.5. The molecule has 3 aliphatic rings. The summed E-state index contributed by atoms with van der Waals surface area (Å²) in [7, 11) is -3.99. The van der Waals surface area contributed by atoms with Crippen LogP contribution in [-0.4, -0.2) is 82.3 Å². The van der Waals surface area contributed by atoms with Crippen LogP contribution in [0.5, 0.6) is 0 Å². The second kappa shape index (κ2) is 13.6. The van der Waals surface area contributed by atoms with E-state index in [0.29, 0.717) is 50.3 Å². The molecule has 0 unspecified atom stereocenters. The summed E-state index contributed by atoms with van der Waals surface area (Å²) in [5, 5.41) is 0. The molecule has 3 fully saturated rings. The van der Waals surface area contributed by atoms with E-state index >= 15 is 0 Å². The van der Waals surface area contributed by atoms with Crippen molar-refractivity contribution in [1.82, 2.24) is 9.80 Å². The second-order valence-corrected chi connectivity index (χ2v) is 14.5. The first-order valence-corrected chi connectivity index (χ1v) is 17.8. The fourth-order valence-corrected chi connectivity index (χ4v) is 8.86. The quantitative estimate of drug-likeness (QED) is 0.256. The van der Waals surface area contributed by atoms with Gasteiger partial charge in [0.1, 0.15) is 11.4 Å². The number of piperidine rings is 1. The van der Waals surface area contributed by atoms with Crippen LogP contribution >= 0.6 is 0 Å². The minimum absolute atomic E-state index is 0.00714. The van der Waals surface area contributed by atoms with Gasteiger partial charge in [-0.25, -0.2) is 4.39 Å². The summed E-state index contributed by atoms with van der Waals surface area (Å²) in [5.41, 5.74) is 3.36. The number of aryl methyl sites for hydroxylation is 3. The molecule has 47 heavy (non-hydrogen) atoms. The lowest BCUT2D eigenvalue weighted by Gasteiger charge is -2.43. The molecule has 0 saturated carbocycles. The summed E-state index contributed by atoms with van der Waals surface area (Å²) in [4.78, 5) is 20.6. The van der Waals surface area contributed by atoms with Gasteiger partial charge in [0.25, 0.3) is 10.1 Å². The van der Waals surface area contributed by atoms with Gasteiger partial charge in [-0.3, -0.25) is 8.98 Å². The van der Waals surface area contributed by atoms with E-state index in [1.807, 2.05) is 49.4 Å². The Hall–Kier alpha value is -3.35. The monoisotopic (exact) mass is 665 g/mol. The van der Waals surface area contributed by atoms with Crippen LogP contribution < -0.4 is 4.90 Å². The van der Waals surface area contributed by atoms with E-state index < -0.39 is 21.4 Å². The molecule has 6 rings (SSSR count). The molecule has 0 bridgehead atoms. The fourth-order valence-electron chi connectivity index (χ4n) is 7.55. The molecule has 9 nitrogen and oxygen atoms in total. The smallest absolute Gasteiger partial charge is 0.297 e. The zero-order valence-corrected chi connectivity index (χ0v) is 28.2. The maximum atomic E-state index is 14.2. The lowest BCUT2D eigenvalue weighted by Crippen LogP contribution is -2.56. The van der Waals surface area contributed by atoms with Crippen molar-refractivity contribution in [2.24, 2.45) is 0 Å². The number of likely N-dealkylation sites (tertiary alicyclic amines) is 1. The van der Waals surface area contributed by atoms with Gasteiger partial charge in [-0.2, -0.15) is 8.42 Å². The summed E-state index contributed by atoms with van der Waals surface area (Å²) >= 11 is 0. The van der Waals surface area contributed by atoms with Gasteiger partial charge in [0.2, 0.25) is 5.91 Å². The first-order valence-electron chi connectivity index (χ1n) is 16.4. The van der Waals surface area contributed by atoms with E-state index in [9.17, 15) is 17.6 Å². The van der Waals surface area contributed by atoms with E-state index in [4.69, 9.17) is 13.7 Å². The minimum atomic E-state index is -3.99. The van der Waals surface area contributed by atoms with Crippen molar-refractivity contribution in [1.29, 1.82) is 0 Å². The summed E-state index contributed by atoms with van der Waals surface area (Å²) in [5.74, 6) is -1.14. The lowest BCUT2D eigenvalue weighted by atomic mass is 9.85. The van der Waals surface area contributed by atoms with Gasteiger partial charge in [0, 0.05) is 37.3 Å². The van der Waals surface area contributed by atoms with Gasteiger partial charge in [0.05, 0.1) is 31.4 Å². The van der Waals surface area contributed by atoms with Crippen LogP contribution in [0.15, 0.2) is 71.6 Å². The molecule has 1 amide bonds. The molecule has 0 aliphatic carbocycles. The number of hydrogen-bond donors (Lipinski definition) is 0. The topological polar surface area (TPSA) is 88.6 Å². The van der Waals surface area contributed by atoms with Gasteiger partial charge < -0.3 is 24.2 Å². The fraction of sp³-hybridized carbons (Fsp3) is 0.472. The largest absolute Gasteiger partial charge is 0.343 e. The van der Waals surface area contributed by atoms with Crippen molar-refractivity contribution in [2.45, 2.75) is 62.7 Å². The number of carbonyl (C=O) groups excluding carboxylic acids is 1. The molecule has 3 aromatic carbocycles. The molecular weight excluding hydrogens is 621 g/mol. The maximum Gasteiger partial charge on any atom is 0.297 e. The normalized spacial score (nSPS) is 19.6. The van der Waals surface area contributed by atoms with Crippen LogP contribution in [0.2, 0.25) is 0 Å². The average Bonchev–Trinajstić information content (AvgIpc) is 3.62. The Labute approximate surface area is 277 Å². The highest BCUT2D eigenvalue weighted by Gasteiger charge is 2.53. The Morgan fingerprint density at radius 1 is 0.894 bits per heavy atom. The Kier molecular flexibility index (Phi) is 9.74. The molecule has 3 aromatic rings. The van der Waals surface area contributed by atoms with Crippen molar-refractivity contribution >= 4 is 21.7 Å². The first kappa shape index (κ1) is 33.5. The van der Waals surface area contributed by atoms with Gasteiger partial charge in [0.15, 0.2) is 5.79 Å². The Balaban J connectivity index is 1.10. The number of anilines is 1. The summed E-state index contributed by atoms with van der Waals surface area (Å²) in [6.45, 7) is 9.19. The zero-order valence-electron chi connectivity index (χ0n) is 27.4. The molecule has 0 atom stereocenters. The van der Waals surface area contributed by atoms with Crippen LogP contribution in [0, 0.1) is 26.6 Å². The molecule has 0 radical (unpaired) electrons. The second-order valence-electron chi connectivity index (χ2n) is 12.9. The van der Waals surface area contributed by atoms with Crippen LogP contribution in [0.1, 0.15) is 47.9 Å². The summed E-state index contributed by atoms with van der Waals surface area (Å²) in [6, 6.07) is 19.9. The molecule has 3 aliphatic heterocycles. The lowest BCUT2D eigenvalue weighted by molar-refractivity contribution is -0.172. The van der Waals surface area contributed by atoms with Crippen LogP contribution in [0.25, 0.3) is 0 Å². The number of ether oxygens (including phenoxy) is 2. The molecule has 3 heterocycles. The minimum Gasteiger partial charge on any atom is -0.343 e. The Morgan fingerprint density at radius 2 is 1.53 bits per heavy atom. The van der Waals surface area contributed by atoms with Crippen molar-refractivity contribution in [3.8, 4) is 0 Å². The number of para-hydroxylation sites is 1. The highest BCUT2D eigenvalue weighted by molar-refractivity contribution is 7.86. The molecule has 1 spiro atoms. The number of hydrogen-bond acceptors (Lipinski definition) is 8. The van der Waals surface area contributed by atoms with Crippen molar-refractivity contribution in [3.05, 3.63) is 94.8 Å². The zero-order chi connectivity index (χ0) is 33.2. The Bertz CT molecular complexity index is 1650. The SMILES string of the molecule is Cc1cc(C)c(S(=O)(=O)OCCN2CN(c3ccccc3)C3(CCN(CCCC4(c5ccc(F)cc5)OCCO4)CC3)C2=O)c(C)c1. The van der Waals surface area contributed by atoms with E-state index in [1.54, 1.807) is 30.9 Å². The highest BCUT2D eigenvalue weighted by atomic mass is 32.2. The third kappa shape index (κ3) is 6.82. The predicted molar refractivity (Wildman–Crippen MR) is 177 cm³/mol. The number of benzene rings is 3. The van der Waals surface area contributed by atoms with Crippen LogP contribution in [-0.2, 0) is 34.4 Å². The van der Waals surface area contributed by atoms with Crippen molar-refractivity contribution in [3.63, 3.8) is 0 Å². The molecule has 11 heteroatoms.